The minimum Gasteiger partial charge on any atom is -0.481 e. The Morgan fingerprint density at radius 3 is 2.64 bits per heavy atom. The highest BCUT2D eigenvalue weighted by molar-refractivity contribution is 5.93. The molecule has 0 fully saturated rings. The van der Waals surface area contributed by atoms with Crippen molar-refractivity contribution >= 4 is 11.9 Å². The summed E-state index contributed by atoms with van der Waals surface area (Å²) in [5.74, 6) is -3.02. The molecule has 0 aromatic rings. The van der Waals surface area contributed by atoms with Crippen LogP contribution in [-0.2, 0) is 14.3 Å². The highest BCUT2D eigenvalue weighted by Gasteiger charge is 2.21. The van der Waals surface area contributed by atoms with Gasteiger partial charge in [-0.15, -0.1) is 0 Å². The van der Waals surface area contributed by atoms with E-state index in [1.165, 1.54) is 13.0 Å². The van der Waals surface area contributed by atoms with E-state index >= 15 is 0 Å². The normalized spacial score (nSPS) is 11.7. The van der Waals surface area contributed by atoms with Crippen LogP contribution in [0.25, 0.3) is 0 Å². The quantitative estimate of drug-likeness (QED) is 0.366. The summed E-state index contributed by atoms with van der Waals surface area (Å²) >= 11 is 0. The van der Waals surface area contributed by atoms with E-state index < -0.39 is 17.9 Å². The number of aliphatic carboxylic acids is 1. The van der Waals surface area contributed by atoms with E-state index in [1.807, 2.05) is 0 Å². The predicted molar refractivity (Wildman–Crippen MR) is 38.0 cm³/mol. The van der Waals surface area contributed by atoms with Gasteiger partial charge in [-0.3, -0.25) is 9.59 Å². The maximum atomic E-state index is 10.7. The van der Waals surface area contributed by atoms with E-state index in [0.717, 1.165) is 0 Å². The molecule has 0 rings (SSSR count). The van der Waals surface area contributed by atoms with Gasteiger partial charge < -0.3 is 9.84 Å². The molecular formula is C7H10O4. The molecule has 11 heavy (non-hydrogen) atoms. The van der Waals surface area contributed by atoms with Gasteiger partial charge in [0.2, 0.25) is 0 Å². The van der Waals surface area contributed by atoms with E-state index in [2.05, 4.69) is 11.3 Å². The third-order valence-corrected chi connectivity index (χ3v) is 1.07. The summed E-state index contributed by atoms with van der Waals surface area (Å²) in [6, 6.07) is 0. The maximum Gasteiger partial charge on any atom is 0.320 e. The molecule has 0 aliphatic heterocycles. The number of carbonyl (C=O) groups excluding carboxylic acids is 1. The first-order chi connectivity index (χ1) is 5.09. The average Bonchev–Trinajstić information content (AvgIpc) is 1.98. The number of carbonyl (C=O) groups is 2. The summed E-state index contributed by atoms with van der Waals surface area (Å²) in [6.45, 7) is 4.64. The first-order valence-electron chi connectivity index (χ1n) is 3.10. The zero-order chi connectivity index (χ0) is 8.85. The molecule has 1 atom stereocenters. The van der Waals surface area contributed by atoms with Crippen molar-refractivity contribution in [3.05, 3.63) is 12.7 Å². The lowest BCUT2D eigenvalue weighted by Gasteiger charge is -2.04. The van der Waals surface area contributed by atoms with Crippen LogP contribution in [0.2, 0.25) is 0 Å². The molecule has 62 valence electrons. The van der Waals surface area contributed by atoms with Gasteiger partial charge in [-0.25, -0.2) is 0 Å². The molecule has 0 radical (unpaired) electrons. The molecule has 0 spiro atoms. The second kappa shape index (κ2) is 4.49. The zero-order valence-corrected chi connectivity index (χ0v) is 6.24. The smallest absolute Gasteiger partial charge is 0.320 e. The summed E-state index contributed by atoms with van der Waals surface area (Å²) in [4.78, 5) is 20.9. The third kappa shape index (κ3) is 3.40. The van der Waals surface area contributed by atoms with Crippen molar-refractivity contribution in [2.45, 2.75) is 6.92 Å². The van der Waals surface area contributed by atoms with Gasteiger partial charge in [0.25, 0.3) is 0 Å². The van der Waals surface area contributed by atoms with Crippen LogP contribution in [0.1, 0.15) is 6.92 Å². The molecule has 1 unspecified atom stereocenters. The fraction of sp³-hybridized carbons (Fsp3) is 0.429. The van der Waals surface area contributed by atoms with Gasteiger partial charge >= 0.3 is 11.9 Å². The van der Waals surface area contributed by atoms with E-state index in [9.17, 15) is 9.59 Å². The second-order valence-corrected chi connectivity index (χ2v) is 1.98. The van der Waals surface area contributed by atoms with Crippen LogP contribution in [0, 0.1) is 5.92 Å². The molecule has 1 N–H and O–H groups in total. The van der Waals surface area contributed by atoms with Crippen LogP contribution in [0.5, 0.6) is 0 Å². The lowest BCUT2D eigenvalue weighted by molar-refractivity contribution is -0.156. The number of carboxylic acid groups (broad SMARTS) is 1. The minimum absolute atomic E-state index is 0.0520. The summed E-state index contributed by atoms with van der Waals surface area (Å²) in [5, 5.41) is 8.33. The summed E-state index contributed by atoms with van der Waals surface area (Å²) in [5.41, 5.74) is 0. The van der Waals surface area contributed by atoms with Crippen molar-refractivity contribution in [1.29, 1.82) is 0 Å². The van der Waals surface area contributed by atoms with Crippen LogP contribution in [0.3, 0.4) is 0 Å². The van der Waals surface area contributed by atoms with Gasteiger partial charge in [-0.2, -0.15) is 0 Å². The summed E-state index contributed by atoms with van der Waals surface area (Å²) < 4.78 is 4.48. The molecular weight excluding hydrogens is 148 g/mol. The lowest BCUT2D eigenvalue weighted by Crippen LogP contribution is -2.22. The van der Waals surface area contributed by atoms with Gasteiger partial charge in [0.15, 0.2) is 5.92 Å². The number of rotatable bonds is 4. The number of carboxylic acids is 1. The standard InChI is InChI=1S/C7H10O4/c1-3-4-11-7(10)5(2)6(8)9/h3,5H,1,4H2,2H3,(H,8,9). The Bertz CT molecular complexity index is 173. The van der Waals surface area contributed by atoms with Gasteiger partial charge in [0.1, 0.15) is 6.61 Å². The molecule has 0 aliphatic rings. The first kappa shape index (κ1) is 9.68. The van der Waals surface area contributed by atoms with Crippen LogP contribution in [0.4, 0.5) is 0 Å². The highest BCUT2D eigenvalue weighted by Crippen LogP contribution is 1.97. The largest absolute Gasteiger partial charge is 0.481 e. The van der Waals surface area contributed by atoms with E-state index in [-0.39, 0.29) is 6.61 Å². The van der Waals surface area contributed by atoms with Gasteiger partial charge in [-0.05, 0) is 6.92 Å². The number of hydrogen-bond donors (Lipinski definition) is 1. The monoisotopic (exact) mass is 158 g/mol. The van der Waals surface area contributed by atoms with Gasteiger partial charge in [-0.1, -0.05) is 12.7 Å². The van der Waals surface area contributed by atoms with Crippen molar-refractivity contribution < 1.29 is 19.4 Å². The molecule has 0 heterocycles. The Hall–Kier alpha value is -1.32. The van der Waals surface area contributed by atoms with Crippen molar-refractivity contribution in [3.8, 4) is 0 Å². The van der Waals surface area contributed by atoms with Crippen LogP contribution in [-0.4, -0.2) is 23.7 Å². The number of hydrogen-bond acceptors (Lipinski definition) is 3. The average molecular weight is 158 g/mol. The molecule has 0 aromatic carbocycles. The second-order valence-electron chi connectivity index (χ2n) is 1.98. The minimum atomic E-state index is -1.18. The van der Waals surface area contributed by atoms with Crippen LogP contribution < -0.4 is 0 Å². The van der Waals surface area contributed by atoms with Crippen LogP contribution >= 0.6 is 0 Å². The van der Waals surface area contributed by atoms with Gasteiger partial charge in [0, 0.05) is 0 Å². The first-order valence-corrected chi connectivity index (χ1v) is 3.10. The van der Waals surface area contributed by atoms with E-state index in [1.54, 1.807) is 0 Å². The Kier molecular flexibility index (Phi) is 3.95. The zero-order valence-electron chi connectivity index (χ0n) is 6.24. The maximum absolute atomic E-state index is 10.7. The SMILES string of the molecule is C=CCOC(=O)C(C)C(=O)O. The van der Waals surface area contributed by atoms with E-state index in [4.69, 9.17) is 5.11 Å². The Morgan fingerprint density at radius 1 is 1.73 bits per heavy atom. The van der Waals surface area contributed by atoms with Crippen molar-refractivity contribution in [2.75, 3.05) is 6.61 Å². The lowest BCUT2D eigenvalue weighted by atomic mass is 10.2. The fourth-order valence-electron chi connectivity index (χ4n) is 0.367. The molecule has 4 heteroatoms. The highest BCUT2D eigenvalue weighted by atomic mass is 16.5. The molecule has 0 aliphatic carbocycles. The molecule has 0 amide bonds. The molecule has 0 saturated carbocycles. The fourth-order valence-corrected chi connectivity index (χ4v) is 0.367. The Morgan fingerprint density at radius 2 is 2.27 bits per heavy atom. The van der Waals surface area contributed by atoms with Crippen molar-refractivity contribution in [1.82, 2.24) is 0 Å². The molecule has 0 bridgehead atoms. The predicted octanol–water partition coefficient (Wildman–Crippen LogP) is 0.436. The van der Waals surface area contributed by atoms with E-state index in [0.29, 0.717) is 0 Å². The molecule has 0 aromatic heterocycles. The topological polar surface area (TPSA) is 63.6 Å². The summed E-state index contributed by atoms with van der Waals surface area (Å²) in [7, 11) is 0. The van der Waals surface area contributed by atoms with Gasteiger partial charge in [0.05, 0.1) is 0 Å². The Labute approximate surface area is 64.5 Å². The van der Waals surface area contributed by atoms with Crippen LogP contribution in [0.15, 0.2) is 12.7 Å². The third-order valence-electron chi connectivity index (χ3n) is 1.07. The Balaban J connectivity index is 3.82. The summed E-state index contributed by atoms with van der Waals surface area (Å²) in [6.07, 6.45) is 1.38. The van der Waals surface area contributed by atoms with Crippen molar-refractivity contribution in [3.63, 3.8) is 0 Å². The number of ether oxygens (including phenoxy) is 1. The molecule has 0 saturated heterocycles. The molecule has 4 nitrogen and oxygen atoms in total. The number of esters is 1. The van der Waals surface area contributed by atoms with Crippen molar-refractivity contribution in [2.24, 2.45) is 5.92 Å².